The van der Waals surface area contributed by atoms with Crippen LogP contribution < -0.4 is 5.32 Å². The number of hydrogen-bond acceptors (Lipinski definition) is 6. The number of hydrogen-bond donors (Lipinski definition) is 2. The van der Waals surface area contributed by atoms with Crippen LogP contribution in [-0.4, -0.2) is 57.2 Å². The van der Waals surface area contributed by atoms with Crippen LogP contribution in [0.4, 0.5) is 4.39 Å². The summed E-state index contributed by atoms with van der Waals surface area (Å²) in [4.78, 5) is 25.1. The van der Waals surface area contributed by atoms with E-state index in [-0.39, 0.29) is 17.8 Å². The van der Waals surface area contributed by atoms with Crippen LogP contribution >= 0.6 is 11.3 Å². The van der Waals surface area contributed by atoms with Crippen LogP contribution in [0.25, 0.3) is 32.0 Å². The van der Waals surface area contributed by atoms with Gasteiger partial charge in [-0.25, -0.2) is 9.37 Å². The predicted molar refractivity (Wildman–Crippen MR) is 123 cm³/mol. The fourth-order valence-corrected chi connectivity index (χ4v) is 5.15. The van der Waals surface area contributed by atoms with E-state index in [0.717, 1.165) is 41.9 Å². The number of H-pyrrole nitrogens is 1. The molecular formula is C23H23FN6OS. The quantitative estimate of drug-likeness (QED) is 0.490. The molecule has 32 heavy (non-hydrogen) atoms. The van der Waals surface area contributed by atoms with Crippen molar-refractivity contribution in [3.8, 4) is 21.1 Å². The lowest BCUT2D eigenvalue weighted by molar-refractivity contribution is 0.0913. The summed E-state index contributed by atoms with van der Waals surface area (Å²) < 4.78 is 14.1. The smallest absolute Gasteiger partial charge is 0.271 e. The van der Waals surface area contributed by atoms with E-state index in [1.54, 1.807) is 12.4 Å². The summed E-state index contributed by atoms with van der Waals surface area (Å²) in [7, 11) is 2.09. The second kappa shape index (κ2) is 8.40. The molecule has 2 N–H and O–H groups in total. The maximum atomic E-state index is 14.1. The normalized spacial score (nSPS) is 15.3. The van der Waals surface area contributed by atoms with Crippen molar-refractivity contribution in [1.29, 1.82) is 0 Å². The summed E-state index contributed by atoms with van der Waals surface area (Å²) in [6, 6.07) is 6.76. The van der Waals surface area contributed by atoms with Crippen LogP contribution in [0.3, 0.4) is 0 Å². The number of carbonyl (C=O) groups is 1. The third-order valence-electron chi connectivity index (χ3n) is 5.85. The van der Waals surface area contributed by atoms with Crippen molar-refractivity contribution in [2.75, 3.05) is 20.1 Å². The molecule has 1 aliphatic rings. The molecule has 9 heteroatoms. The van der Waals surface area contributed by atoms with Gasteiger partial charge in [-0.15, -0.1) is 11.3 Å². The number of pyridine rings is 1. The fourth-order valence-electron chi connectivity index (χ4n) is 4.09. The van der Waals surface area contributed by atoms with Gasteiger partial charge in [0.15, 0.2) is 0 Å². The van der Waals surface area contributed by atoms with E-state index in [1.807, 2.05) is 19.1 Å². The highest BCUT2D eigenvalue weighted by Gasteiger charge is 2.26. The Morgan fingerprint density at radius 2 is 2.12 bits per heavy atom. The first-order valence-electron chi connectivity index (χ1n) is 10.5. The summed E-state index contributed by atoms with van der Waals surface area (Å²) in [5.74, 6) is -0.533. The van der Waals surface area contributed by atoms with Crippen LogP contribution in [-0.2, 0) is 0 Å². The van der Waals surface area contributed by atoms with E-state index in [4.69, 9.17) is 4.98 Å². The number of fused-ring (bicyclic) bond motifs is 1. The molecule has 1 aliphatic heterocycles. The van der Waals surface area contributed by atoms with Gasteiger partial charge in [0.2, 0.25) is 0 Å². The van der Waals surface area contributed by atoms with Crippen LogP contribution in [0.1, 0.15) is 28.9 Å². The molecular weight excluding hydrogens is 427 g/mol. The first-order valence-corrected chi connectivity index (χ1v) is 11.4. The van der Waals surface area contributed by atoms with Crippen LogP contribution in [0.2, 0.25) is 0 Å². The number of likely N-dealkylation sites (tertiary alicyclic amines) is 1. The lowest BCUT2D eigenvalue weighted by atomic mass is 10.1. The first-order chi connectivity index (χ1) is 15.5. The van der Waals surface area contributed by atoms with Gasteiger partial charge in [-0.05, 0) is 63.7 Å². The molecule has 5 rings (SSSR count). The third kappa shape index (κ3) is 3.89. The molecule has 0 unspecified atom stereocenters. The molecule has 0 saturated carbocycles. The number of benzene rings is 1. The highest BCUT2D eigenvalue weighted by atomic mass is 32.1. The monoisotopic (exact) mass is 450 g/mol. The number of nitrogens with one attached hydrogen (secondary N) is 2. The van der Waals surface area contributed by atoms with Gasteiger partial charge in [0.25, 0.3) is 5.91 Å². The molecule has 0 aliphatic carbocycles. The zero-order chi connectivity index (χ0) is 22.2. The van der Waals surface area contributed by atoms with Crippen LogP contribution in [0.15, 0.2) is 36.7 Å². The zero-order valence-corrected chi connectivity index (χ0v) is 18.7. The number of aryl methyl sites for hydroxylation is 1. The SMILES string of the molecule is Cc1cc(F)cc2c(-c3nc(C(=O)NC4CCN(C)CC4)c(-c4cccnc4)s3)[nH]nc12. The van der Waals surface area contributed by atoms with Crippen molar-refractivity contribution in [1.82, 2.24) is 30.4 Å². The number of amides is 1. The standard InChI is InChI=1S/C23H23FN6OS/c1-13-10-15(24)11-17-18(13)28-29-19(17)23-27-20(21(32-23)14-4-3-7-25-12-14)22(31)26-16-5-8-30(2)9-6-16/h3-4,7,10-12,16H,5-6,8-9H2,1-2H3,(H,26,31)(H,28,29). The number of carbonyl (C=O) groups excluding carboxylic acids is 1. The van der Waals surface area contributed by atoms with Gasteiger partial charge in [-0.3, -0.25) is 14.9 Å². The molecule has 1 fully saturated rings. The Labute approximate surface area is 188 Å². The van der Waals surface area contributed by atoms with Crippen molar-refractivity contribution in [2.24, 2.45) is 0 Å². The number of aromatic amines is 1. The van der Waals surface area contributed by atoms with E-state index in [2.05, 4.69) is 32.4 Å². The predicted octanol–water partition coefficient (Wildman–Crippen LogP) is 4.02. The Kier molecular flexibility index (Phi) is 5.44. The molecule has 4 aromatic rings. The van der Waals surface area contributed by atoms with Crippen LogP contribution in [0.5, 0.6) is 0 Å². The number of thiazole rings is 1. The lowest BCUT2D eigenvalue weighted by Crippen LogP contribution is -2.43. The molecule has 0 radical (unpaired) electrons. The van der Waals surface area contributed by atoms with Gasteiger partial charge in [0.05, 0.1) is 10.4 Å². The molecule has 3 aromatic heterocycles. The van der Waals surface area contributed by atoms with Crippen molar-refractivity contribution in [3.05, 3.63) is 53.7 Å². The van der Waals surface area contributed by atoms with Gasteiger partial charge >= 0.3 is 0 Å². The average molecular weight is 451 g/mol. The number of piperidine rings is 1. The van der Waals surface area contributed by atoms with Crippen molar-refractivity contribution in [3.63, 3.8) is 0 Å². The second-order valence-electron chi connectivity index (χ2n) is 8.21. The molecule has 0 atom stereocenters. The maximum absolute atomic E-state index is 14.1. The number of halogens is 1. The molecule has 4 heterocycles. The molecule has 1 aromatic carbocycles. The van der Waals surface area contributed by atoms with E-state index in [1.165, 1.54) is 23.5 Å². The molecule has 164 valence electrons. The molecule has 0 spiro atoms. The van der Waals surface area contributed by atoms with Gasteiger partial charge in [-0.1, -0.05) is 6.07 Å². The minimum atomic E-state index is -0.332. The topological polar surface area (TPSA) is 86.8 Å². The van der Waals surface area contributed by atoms with E-state index < -0.39 is 0 Å². The van der Waals surface area contributed by atoms with E-state index in [0.29, 0.717) is 27.3 Å². The largest absolute Gasteiger partial charge is 0.348 e. The third-order valence-corrected chi connectivity index (χ3v) is 6.97. The van der Waals surface area contributed by atoms with Gasteiger partial charge in [-0.2, -0.15) is 5.10 Å². The first kappa shape index (κ1) is 20.7. The van der Waals surface area contributed by atoms with Gasteiger partial charge in [0, 0.05) is 29.4 Å². The van der Waals surface area contributed by atoms with Gasteiger partial charge < -0.3 is 10.2 Å². The lowest BCUT2D eigenvalue weighted by Gasteiger charge is -2.29. The second-order valence-corrected chi connectivity index (χ2v) is 9.21. The summed E-state index contributed by atoms with van der Waals surface area (Å²) >= 11 is 1.37. The summed E-state index contributed by atoms with van der Waals surface area (Å²) in [5.41, 5.74) is 3.21. The van der Waals surface area contributed by atoms with E-state index >= 15 is 0 Å². The van der Waals surface area contributed by atoms with Crippen molar-refractivity contribution < 1.29 is 9.18 Å². The Morgan fingerprint density at radius 1 is 1.31 bits per heavy atom. The average Bonchev–Trinajstić information content (AvgIpc) is 3.40. The Balaban J connectivity index is 1.56. The Hall–Kier alpha value is -3.17. The molecule has 1 amide bonds. The Bertz CT molecular complexity index is 1280. The minimum Gasteiger partial charge on any atom is -0.348 e. The maximum Gasteiger partial charge on any atom is 0.271 e. The number of rotatable bonds is 4. The summed E-state index contributed by atoms with van der Waals surface area (Å²) in [5, 5.41) is 11.7. The highest BCUT2D eigenvalue weighted by Crippen LogP contribution is 2.37. The molecule has 1 saturated heterocycles. The zero-order valence-electron chi connectivity index (χ0n) is 17.9. The number of nitrogens with zero attached hydrogens (tertiary/aromatic N) is 4. The minimum absolute atomic E-state index is 0.121. The summed E-state index contributed by atoms with van der Waals surface area (Å²) in [6.45, 7) is 3.72. The highest BCUT2D eigenvalue weighted by molar-refractivity contribution is 7.18. The summed E-state index contributed by atoms with van der Waals surface area (Å²) in [6.07, 6.45) is 5.23. The van der Waals surface area contributed by atoms with Gasteiger partial charge in [0.1, 0.15) is 22.2 Å². The van der Waals surface area contributed by atoms with Crippen molar-refractivity contribution >= 4 is 28.1 Å². The van der Waals surface area contributed by atoms with Crippen molar-refractivity contribution in [2.45, 2.75) is 25.8 Å². The van der Waals surface area contributed by atoms with E-state index in [9.17, 15) is 9.18 Å². The Morgan fingerprint density at radius 3 is 2.88 bits per heavy atom. The molecule has 7 nitrogen and oxygen atoms in total. The number of aromatic nitrogens is 4. The van der Waals surface area contributed by atoms with Crippen LogP contribution in [0, 0.1) is 12.7 Å². The molecule has 0 bridgehead atoms. The fraction of sp³-hybridized carbons (Fsp3) is 0.304.